The van der Waals surface area contributed by atoms with Crippen molar-refractivity contribution in [3.05, 3.63) is 35.2 Å². The number of carbonyl (C=O) groups is 2. The average molecular weight is 370 g/mol. The standard InChI is InChI=1S/C20H26N4O3/c1-6-18(25)22-15-7-11-12(14-10-17(24-23-14)20(2,3)4)8-19(26)21-13(11)9-16(15)27-5/h7,9-10,12H,6,8H2,1-5H3,(H,21,26)(H,22,25)(H,23,24). The predicted octanol–water partition coefficient (Wildman–Crippen LogP) is 3.54. The average Bonchev–Trinajstić information content (AvgIpc) is 3.11. The number of rotatable bonds is 4. The van der Waals surface area contributed by atoms with E-state index >= 15 is 0 Å². The number of anilines is 2. The summed E-state index contributed by atoms with van der Waals surface area (Å²) in [4.78, 5) is 24.1. The first-order valence-corrected chi connectivity index (χ1v) is 9.10. The minimum atomic E-state index is -0.166. The maximum absolute atomic E-state index is 12.3. The highest BCUT2D eigenvalue weighted by Crippen LogP contribution is 2.42. The van der Waals surface area contributed by atoms with Crippen LogP contribution >= 0.6 is 0 Å². The molecule has 0 bridgehead atoms. The van der Waals surface area contributed by atoms with Gasteiger partial charge in [-0.25, -0.2) is 0 Å². The number of hydrogen-bond donors (Lipinski definition) is 3. The summed E-state index contributed by atoms with van der Waals surface area (Å²) in [6, 6.07) is 5.65. The van der Waals surface area contributed by atoms with Crippen LogP contribution in [0.2, 0.25) is 0 Å². The topological polar surface area (TPSA) is 96.1 Å². The lowest BCUT2D eigenvalue weighted by molar-refractivity contribution is -0.117. The van der Waals surface area contributed by atoms with Gasteiger partial charge in [0.1, 0.15) is 5.75 Å². The van der Waals surface area contributed by atoms with Crippen molar-refractivity contribution in [2.24, 2.45) is 0 Å². The second kappa shape index (κ2) is 7.06. The predicted molar refractivity (Wildman–Crippen MR) is 104 cm³/mol. The third kappa shape index (κ3) is 3.82. The normalized spacial score (nSPS) is 16.5. The quantitative estimate of drug-likeness (QED) is 0.767. The van der Waals surface area contributed by atoms with Gasteiger partial charge in [0.15, 0.2) is 0 Å². The fraction of sp³-hybridized carbons (Fsp3) is 0.450. The summed E-state index contributed by atoms with van der Waals surface area (Å²) < 4.78 is 5.40. The molecule has 3 N–H and O–H groups in total. The zero-order valence-electron chi connectivity index (χ0n) is 16.4. The summed E-state index contributed by atoms with van der Waals surface area (Å²) in [5.41, 5.74) is 3.95. The summed E-state index contributed by atoms with van der Waals surface area (Å²) in [5.74, 6) is 0.185. The van der Waals surface area contributed by atoms with Gasteiger partial charge in [-0.3, -0.25) is 14.7 Å². The van der Waals surface area contributed by atoms with Crippen molar-refractivity contribution >= 4 is 23.2 Å². The Balaban J connectivity index is 2.06. The summed E-state index contributed by atoms with van der Waals surface area (Å²) in [6.07, 6.45) is 0.683. The monoisotopic (exact) mass is 370 g/mol. The van der Waals surface area contributed by atoms with Gasteiger partial charge >= 0.3 is 0 Å². The van der Waals surface area contributed by atoms with Crippen molar-refractivity contribution in [1.29, 1.82) is 0 Å². The molecule has 2 aromatic rings. The van der Waals surface area contributed by atoms with Crippen LogP contribution in [0.25, 0.3) is 0 Å². The third-order valence-corrected chi connectivity index (χ3v) is 4.75. The number of carbonyl (C=O) groups excluding carboxylic acids is 2. The lowest BCUT2D eigenvalue weighted by Gasteiger charge is -2.26. The molecular formula is C20H26N4O3. The van der Waals surface area contributed by atoms with Crippen molar-refractivity contribution in [3.8, 4) is 5.75 Å². The van der Waals surface area contributed by atoms with Gasteiger partial charge in [0.05, 0.1) is 18.5 Å². The Kier molecular flexibility index (Phi) is 4.95. The molecule has 7 nitrogen and oxygen atoms in total. The molecule has 0 saturated heterocycles. The highest BCUT2D eigenvalue weighted by atomic mass is 16.5. The SMILES string of the molecule is CCC(=O)Nc1cc2c(cc1OC)NC(=O)CC2c1cc(C(C)(C)C)n[nH]1. The van der Waals surface area contributed by atoms with Gasteiger partial charge in [0, 0.05) is 41.6 Å². The number of nitrogens with one attached hydrogen (secondary N) is 3. The van der Waals surface area contributed by atoms with E-state index in [0.717, 1.165) is 17.0 Å². The van der Waals surface area contributed by atoms with E-state index in [4.69, 9.17) is 4.74 Å². The molecule has 0 spiro atoms. The summed E-state index contributed by atoms with van der Waals surface area (Å²) in [7, 11) is 1.54. The molecule has 1 atom stereocenters. The van der Waals surface area contributed by atoms with E-state index < -0.39 is 0 Å². The first-order chi connectivity index (χ1) is 12.7. The highest BCUT2D eigenvalue weighted by molar-refractivity contribution is 5.98. The van der Waals surface area contributed by atoms with Crippen LogP contribution in [-0.2, 0) is 15.0 Å². The van der Waals surface area contributed by atoms with Crippen molar-refractivity contribution in [2.45, 2.75) is 51.9 Å². The number of methoxy groups -OCH3 is 1. The van der Waals surface area contributed by atoms with Gasteiger partial charge in [0.2, 0.25) is 11.8 Å². The number of ether oxygens (including phenoxy) is 1. The van der Waals surface area contributed by atoms with Gasteiger partial charge in [-0.2, -0.15) is 5.10 Å². The number of nitrogens with zero attached hydrogens (tertiary/aromatic N) is 1. The Bertz CT molecular complexity index is 880. The second-order valence-electron chi connectivity index (χ2n) is 7.80. The second-order valence-corrected chi connectivity index (χ2v) is 7.80. The van der Waals surface area contributed by atoms with Crippen LogP contribution in [0.4, 0.5) is 11.4 Å². The lowest BCUT2D eigenvalue weighted by Crippen LogP contribution is -2.24. The number of amides is 2. The van der Waals surface area contributed by atoms with Crippen LogP contribution in [0.5, 0.6) is 5.75 Å². The molecule has 1 aliphatic rings. The van der Waals surface area contributed by atoms with Crippen LogP contribution in [0.15, 0.2) is 18.2 Å². The molecule has 1 unspecified atom stereocenters. The van der Waals surface area contributed by atoms with Crippen LogP contribution in [-0.4, -0.2) is 29.1 Å². The Morgan fingerprint density at radius 2 is 2.07 bits per heavy atom. The molecule has 7 heteroatoms. The first kappa shape index (κ1) is 18.9. The molecule has 0 fully saturated rings. The van der Waals surface area contributed by atoms with E-state index in [1.54, 1.807) is 13.0 Å². The first-order valence-electron chi connectivity index (χ1n) is 9.10. The largest absolute Gasteiger partial charge is 0.494 e. The zero-order valence-corrected chi connectivity index (χ0v) is 16.4. The summed E-state index contributed by atoms with van der Waals surface area (Å²) in [5, 5.41) is 13.3. The molecule has 0 radical (unpaired) electrons. The molecule has 2 heterocycles. The highest BCUT2D eigenvalue weighted by Gasteiger charge is 2.30. The molecule has 1 aromatic carbocycles. The molecule has 0 aliphatic carbocycles. The fourth-order valence-electron chi connectivity index (χ4n) is 3.17. The molecular weight excluding hydrogens is 344 g/mol. The third-order valence-electron chi connectivity index (χ3n) is 4.75. The number of aromatic nitrogens is 2. The van der Waals surface area contributed by atoms with Crippen LogP contribution in [0.1, 0.15) is 63.4 Å². The number of benzene rings is 1. The van der Waals surface area contributed by atoms with Crippen molar-refractivity contribution in [3.63, 3.8) is 0 Å². The van der Waals surface area contributed by atoms with E-state index in [0.29, 0.717) is 30.0 Å². The molecule has 1 aromatic heterocycles. The van der Waals surface area contributed by atoms with Crippen LogP contribution in [0, 0.1) is 0 Å². The minimum Gasteiger partial charge on any atom is -0.494 e. The van der Waals surface area contributed by atoms with E-state index in [-0.39, 0.29) is 23.1 Å². The Morgan fingerprint density at radius 1 is 1.33 bits per heavy atom. The van der Waals surface area contributed by atoms with Gasteiger partial charge in [-0.05, 0) is 17.7 Å². The lowest BCUT2D eigenvalue weighted by atomic mass is 9.85. The smallest absolute Gasteiger partial charge is 0.225 e. The number of hydrogen-bond acceptors (Lipinski definition) is 4. The van der Waals surface area contributed by atoms with E-state index in [2.05, 4.69) is 41.6 Å². The van der Waals surface area contributed by atoms with Gasteiger partial charge < -0.3 is 15.4 Å². The maximum atomic E-state index is 12.3. The van der Waals surface area contributed by atoms with E-state index in [1.807, 2.05) is 12.1 Å². The minimum absolute atomic E-state index is 0.0631. The summed E-state index contributed by atoms with van der Waals surface area (Å²) >= 11 is 0. The van der Waals surface area contributed by atoms with E-state index in [1.165, 1.54) is 7.11 Å². The number of aromatic amines is 1. The van der Waals surface area contributed by atoms with Crippen LogP contribution in [0.3, 0.4) is 0 Å². The number of fused-ring (bicyclic) bond motifs is 1. The zero-order chi connectivity index (χ0) is 19.8. The molecule has 0 saturated carbocycles. The van der Waals surface area contributed by atoms with Crippen molar-refractivity contribution < 1.29 is 14.3 Å². The molecule has 2 amide bonds. The van der Waals surface area contributed by atoms with Gasteiger partial charge in [-0.1, -0.05) is 27.7 Å². The maximum Gasteiger partial charge on any atom is 0.225 e. The number of H-pyrrole nitrogens is 1. The summed E-state index contributed by atoms with van der Waals surface area (Å²) in [6.45, 7) is 8.08. The van der Waals surface area contributed by atoms with Crippen LogP contribution < -0.4 is 15.4 Å². The molecule has 144 valence electrons. The molecule has 1 aliphatic heterocycles. The fourth-order valence-corrected chi connectivity index (χ4v) is 3.17. The van der Waals surface area contributed by atoms with Crippen molar-refractivity contribution in [2.75, 3.05) is 17.7 Å². The Labute approximate surface area is 158 Å². The van der Waals surface area contributed by atoms with E-state index in [9.17, 15) is 9.59 Å². The van der Waals surface area contributed by atoms with Crippen molar-refractivity contribution in [1.82, 2.24) is 10.2 Å². The van der Waals surface area contributed by atoms with Gasteiger partial charge in [0.25, 0.3) is 0 Å². The molecule has 27 heavy (non-hydrogen) atoms. The molecule has 3 rings (SSSR count). The Hall–Kier alpha value is -2.83. The Morgan fingerprint density at radius 3 is 2.67 bits per heavy atom. The van der Waals surface area contributed by atoms with Gasteiger partial charge in [-0.15, -0.1) is 0 Å².